The molecule has 0 fully saturated rings. The minimum Gasteiger partial charge on any atom is -0.493 e. The van der Waals surface area contributed by atoms with Crippen LogP contribution in [0.2, 0.25) is 0 Å². The summed E-state index contributed by atoms with van der Waals surface area (Å²) in [6.45, 7) is 2.25. The number of hydrogen-bond acceptors (Lipinski definition) is 4. The molecule has 0 aliphatic carbocycles. The highest BCUT2D eigenvalue weighted by molar-refractivity contribution is 9.10. The van der Waals surface area contributed by atoms with Gasteiger partial charge in [0.25, 0.3) is 0 Å². The minimum atomic E-state index is -0.494. The van der Waals surface area contributed by atoms with E-state index in [2.05, 4.69) is 15.9 Å². The number of halogens is 1. The molecule has 5 heteroatoms. The molecule has 1 rings (SSSR count). The highest BCUT2D eigenvalue weighted by Crippen LogP contribution is 2.39. The standard InChI is InChI=1S/C11H16BrNO3/c1-3-16-11-9(15-2)5-4-7(12)10(11)8(13)6-14/h4-5,8,14H,3,6,13H2,1-2H3. The van der Waals surface area contributed by atoms with Gasteiger partial charge in [0.2, 0.25) is 0 Å². The molecule has 0 bridgehead atoms. The molecular weight excluding hydrogens is 274 g/mol. The average molecular weight is 290 g/mol. The lowest BCUT2D eigenvalue weighted by Crippen LogP contribution is -2.17. The van der Waals surface area contributed by atoms with Crippen LogP contribution in [0.5, 0.6) is 11.5 Å². The van der Waals surface area contributed by atoms with E-state index in [1.54, 1.807) is 13.2 Å². The number of hydrogen-bond donors (Lipinski definition) is 2. The van der Waals surface area contributed by atoms with E-state index in [0.29, 0.717) is 18.1 Å². The molecule has 16 heavy (non-hydrogen) atoms. The Labute approximate surface area is 103 Å². The second-order valence-corrected chi connectivity index (χ2v) is 4.07. The molecule has 0 aromatic heterocycles. The number of rotatable bonds is 5. The maximum absolute atomic E-state index is 9.13. The quantitative estimate of drug-likeness (QED) is 0.868. The summed E-state index contributed by atoms with van der Waals surface area (Å²) in [5.74, 6) is 1.20. The molecule has 1 unspecified atom stereocenters. The molecule has 0 aliphatic rings. The van der Waals surface area contributed by atoms with E-state index in [9.17, 15) is 0 Å². The van der Waals surface area contributed by atoms with Gasteiger partial charge in [-0.05, 0) is 19.1 Å². The molecule has 0 saturated heterocycles. The summed E-state index contributed by atoms with van der Waals surface area (Å²) in [6, 6.07) is 3.13. The molecule has 0 heterocycles. The Bertz CT molecular complexity index is 357. The predicted molar refractivity (Wildman–Crippen MR) is 65.9 cm³/mol. The van der Waals surface area contributed by atoms with Crippen LogP contribution in [0.15, 0.2) is 16.6 Å². The van der Waals surface area contributed by atoms with Gasteiger partial charge in [-0.25, -0.2) is 0 Å². The third-order valence-electron chi connectivity index (χ3n) is 2.18. The molecule has 0 spiro atoms. The zero-order valence-corrected chi connectivity index (χ0v) is 11.0. The normalized spacial score (nSPS) is 12.3. The maximum Gasteiger partial charge on any atom is 0.167 e. The third kappa shape index (κ3) is 2.66. The molecule has 1 aromatic rings. The van der Waals surface area contributed by atoms with Crippen LogP contribution < -0.4 is 15.2 Å². The first-order valence-electron chi connectivity index (χ1n) is 5.01. The zero-order valence-electron chi connectivity index (χ0n) is 9.37. The minimum absolute atomic E-state index is 0.147. The first kappa shape index (κ1) is 13.3. The summed E-state index contributed by atoms with van der Waals surface area (Å²) in [4.78, 5) is 0. The van der Waals surface area contributed by atoms with E-state index in [1.165, 1.54) is 0 Å². The molecule has 0 amide bonds. The smallest absolute Gasteiger partial charge is 0.167 e. The van der Waals surface area contributed by atoms with Crippen LogP contribution in [-0.4, -0.2) is 25.4 Å². The van der Waals surface area contributed by atoms with Gasteiger partial charge >= 0.3 is 0 Å². The monoisotopic (exact) mass is 289 g/mol. The van der Waals surface area contributed by atoms with Crippen molar-refractivity contribution in [2.75, 3.05) is 20.3 Å². The van der Waals surface area contributed by atoms with Crippen molar-refractivity contribution in [1.82, 2.24) is 0 Å². The maximum atomic E-state index is 9.13. The van der Waals surface area contributed by atoms with Gasteiger partial charge in [0.05, 0.1) is 26.4 Å². The van der Waals surface area contributed by atoms with Crippen molar-refractivity contribution in [2.24, 2.45) is 5.73 Å². The molecule has 4 nitrogen and oxygen atoms in total. The van der Waals surface area contributed by atoms with Crippen molar-refractivity contribution in [2.45, 2.75) is 13.0 Å². The van der Waals surface area contributed by atoms with Crippen LogP contribution in [-0.2, 0) is 0 Å². The van der Waals surface area contributed by atoms with Crippen LogP contribution in [0.25, 0.3) is 0 Å². The Morgan fingerprint density at radius 3 is 2.69 bits per heavy atom. The lowest BCUT2D eigenvalue weighted by atomic mass is 10.1. The topological polar surface area (TPSA) is 64.7 Å². The van der Waals surface area contributed by atoms with Gasteiger partial charge in [0.1, 0.15) is 0 Å². The summed E-state index contributed by atoms with van der Waals surface area (Å²) in [7, 11) is 1.57. The first-order valence-corrected chi connectivity index (χ1v) is 5.80. The van der Waals surface area contributed by atoms with Gasteiger partial charge in [-0.15, -0.1) is 0 Å². The fourth-order valence-corrected chi connectivity index (χ4v) is 2.05. The molecule has 0 saturated carbocycles. The number of nitrogens with two attached hydrogens (primary N) is 1. The van der Waals surface area contributed by atoms with E-state index in [4.69, 9.17) is 20.3 Å². The van der Waals surface area contributed by atoms with Crippen LogP contribution in [0, 0.1) is 0 Å². The molecule has 1 aromatic carbocycles. The summed E-state index contributed by atoms with van der Waals surface area (Å²) in [5.41, 5.74) is 6.56. The van der Waals surface area contributed by atoms with Gasteiger partial charge in [-0.1, -0.05) is 15.9 Å². The van der Waals surface area contributed by atoms with E-state index in [0.717, 1.165) is 10.0 Å². The summed E-state index contributed by atoms with van der Waals surface area (Å²) in [5, 5.41) is 9.13. The van der Waals surface area contributed by atoms with Gasteiger partial charge in [-0.3, -0.25) is 0 Å². The van der Waals surface area contributed by atoms with Gasteiger partial charge in [0, 0.05) is 10.0 Å². The lowest BCUT2D eigenvalue weighted by molar-refractivity contribution is 0.258. The predicted octanol–water partition coefficient (Wildman–Crippen LogP) is 1.85. The highest BCUT2D eigenvalue weighted by Gasteiger charge is 2.19. The Balaban J connectivity index is 3.29. The Hall–Kier alpha value is -0.780. The summed E-state index contributed by atoms with van der Waals surface area (Å²) >= 11 is 3.40. The highest BCUT2D eigenvalue weighted by atomic mass is 79.9. The lowest BCUT2D eigenvalue weighted by Gasteiger charge is -2.19. The number of aliphatic hydroxyl groups excluding tert-OH is 1. The van der Waals surface area contributed by atoms with Crippen LogP contribution in [0.4, 0.5) is 0 Å². The Morgan fingerprint density at radius 2 is 2.19 bits per heavy atom. The zero-order chi connectivity index (χ0) is 12.1. The molecular formula is C11H16BrNO3. The van der Waals surface area contributed by atoms with E-state index < -0.39 is 6.04 Å². The second-order valence-electron chi connectivity index (χ2n) is 3.21. The van der Waals surface area contributed by atoms with E-state index in [1.807, 2.05) is 13.0 Å². The number of ether oxygens (including phenoxy) is 2. The third-order valence-corrected chi connectivity index (χ3v) is 2.87. The van der Waals surface area contributed by atoms with E-state index in [-0.39, 0.29) is 6.61 Å². The van der Waals surface area contributed by atoms with Crippen molar-refractivity contribution in [1.29, 1.82) is 0 Å². The van der Waals surface area contributed by atoms with Crippen LogP contribution in [0.3, 0.4) is 0 Å². The summed E-state index contributed by atoms with van der Waals surface area (Å²) < 4.78 is 11.5. The number of methoxy groups -OCH3 is 1. The van der Waals surface area contributed by atoms with Crippen molar-refractivity contribution < 1.29 is 14.6 Å². The van der Waals surface area contributed by atoms with Gasteiger partial charge in [0.15, 0.2) is 11.5 Å². The number of aliphatic hydroxyl groups is 1. The average Bonchev–Trinajstić information content (AvgIpc) is 2.29. The molecule has 0 aliphatic heterocycles. The second kappa shape index (κ2) is 6.08. The Kier molecular flexibility index (Phi) is 5.05. The van der Waals surface area contributed by atoms with Crippen molar-refractivity contribution in [3.63, 3.8) is 0 Å². The number of benzene rings is 1. The van der Waals surface area contributed by atoms with Crippen LogP contribution in [0.1, 0.15) is 18.5 Å². The molecule has 90 valence electrons. The largest absolute Gasteiger partial charge is 0.493 e. The molecule has 0 radical (unpaired) electrons. The van der Waals surface area contributed by atoms with E-state index >= 15 is 0 Å². The van der Waals surface area contributed by atoms with Gasteiger partial charge < -0.3 is 20.3 Å². The van der Waals surface area contributed by atoms with Crippen LogP contribution >= 0.6 is 15.9 Å². The van der Waals surface area contributed by atoms with Gasteiger partial charge in [-0.2, -0.15) is 0 Å². The van der Waals surface area contributed by atoms with Crippen molar-refractivity contribution >= 4 is 15.9 Å². The fourth-order valence-electron chi connectivity index (χ4n) is 1.45. The first-order chi connectivity index (χ1) is 7.65. The SMILES string of the molecule is CCOc1c(OC)ccc(Br)c1C(N)CO. The fraction of sp³-hybridized carbons (Fsp3) is 0.455. The molecule has 1 atom stereocenters. The molecule has 3 N–H and O–H groups in total. The Morgan fingerprint density at radius 1 is 1.50 bits per heavy atom. The van der Waals surface area contributed by atoms with Crippen molar-refractivity contribution in [3.8, 4) is 11.5 Å². The summed E-state index contributed by atoms with van der Waals surface area (Å²) in [6.07, 6.45) is 0. The van der Waals surface area contributed by atoms with Crippen molar-refractivity contribution in [3.05, 3.63) is 22.2 Å².